The molecule has 1 amide bonds. The summed E-state index contributed by atoms with van der Waals surface area (Å²) < 4.78 is 29.1. The zero-order valence-corrected chi connectivity index (χ0v) is 21.0. The molecule has 4 rings (SSSR count). The molecule has 184 valence electrons. The number of hydrogen-bond donors (Lipinski definition) is 1. The number of benzene rings is 2. The van der Waals surface area contributed by atoms with E-state index < -0.39 is 21.6 Å². The molecular formula is C26H30N4O4S. The summed E-state index contributed by atoms with van der Waals surface area (Å²) >= 11 is 0. The Morgan fingerprint density at radius 1 is 1.03 bits per heavy atom. The quantitative estimate of drug-likeness (QED) is 0.537. The first kappa shape index (κ1) is 24.8. The van der Waals surface area contributed by atoms with E-state index in [1.165, 1.54) is 15.1 Å². The maximum atomic E-state index is 13.2. The lowest BCUT2D eigenvalue weighted by Gasteiger charge is -2.19. The van der Waals surface area contributed by atoms with Crippen LogP contribution in [0.3, 0.4) is 0 Å². The highest BCUT2D eigenvalue weighted by Crippen LogP contribution is 2.28. The zero-order valence-electron chi connectivity index (χ0n) is 20.2. The molecule has 1 atom stereocenters. The molecule has 2 aromatic carbocycles. The molecule has 2 heterocycles. The van der Waals surface area contributed by atoms with E-state index in [0.717, 1.165) is 18.4 Å². The number of hydrogen-bond acceptors (Lipinski definition) is 5. The number of sulfonamides is 1. The van der Waals surface area contributed by atoms with E-state index in [4.69, 9.17) is 0 Å². The molecule has 0 unspecified atom stereocenters. The minimum absolute atomic E-state index is 0.237. The number of amides is 1. The number of aromatic nitrogens is 2. The van der Waals surface area contributed by atoms with Crippen molar-refractivity contribution in [1.82, 2.24) is 14.1 Å². The van der Waals surface area contributed by atoms with Crippen LogP contribution >= 0.6 is 0 Å². The zero-order chi connectivity index (χ0) is 25.2. The van der Waals surface area contributed by atoms with E-state index in [1.807, 2.05) is 26.0 Å². The Morgan fingerprint density at radius 2 is 1.71 bits per heavy atom. The van der Waals surface area contributed by atoms with Gasteiger partial charge >= 0.3 is 0 Å². The molecule has 35 heavy (non-hydrogen) atoms. The fraction of sp³-hybridized carbons (Fsp3) is 0.346. The summed E-state index contributed by atoms with van der Waals surface area (Å²) in [6.07, 6.45) is 2.07. The Kier molecular flexibility index (Phi) is 7.18. The van der Waals surface area contributed by atoms with Crippen LogP contribution in [0.2, 0.25) is 0 Å². The first-order valence-corrected chi connectivity index (χ1v) is 13.2. The van der Waals surface area contributed by atoms with Crippen LogP contribution < -0.4 is 10.9 Å². The molecule has 9 heteroatoms. The number of anilines is 1. The summed E-state index contributed by atoms with van der Waals surface area (Å²) in [6.45, 7) is 6.57. The molecule has 3 aromatic rings. The summed E-state index contributed by atoms with van der Waals surface area (Å²) in [5, 5.41) is 7.33. The summed E-state index contributed by atoms with van der Waals surface area (Å²) in [4.78, 5) is 25.9. The SMILES string of the molecule is CC[C@H](C(=O)Nc1ccc(C)cc1)n1nc(-c2ccc(C)c(S(=O)(=O)N3CCCC3)c2)ccc1=O. The monoisotopic (exact) mass is 494 g/mol. The molecule has 0 aliphatic carbocycles. The smallest absolute Gasteiger partial charge is 0.267 e. The molecule has 1 saturated heterocycles. The van der Waals surface area contributed by atoms with Gasteiger partial charge in [-0.25, -0.2) is 13.1 Å². The Labute approximate surface area is 205 Å². The third-order valence-corrected chi connectivity index (χ3v) is 8.34. The van der Waals surface area contributed by atoms with E-state index >= 15 is 0 Å². The fourth-order valence-electron chi connectivity index (χ4n) is 4.24. The van der Waals surface area contributed by atoms with Crippen molar-refractivity contribution in [2.75, 3.05) is 18.4 Å². The van der Waals surface area contributed by atoms with Crippen molar-refractivity contribution in [3.8, 4) is 11.3 Å². The topological polar surface area (TPSA) is 101 Å². The van der Waals surface area contributed by atoms with Crippen molar-refractivity contribution in [2.45, 2.75) is 51.0 Å². The molecule has 1 aliphatic heterocycles. The van der Waals surface area contributed by atoms with Gasteiger partial charge in [0.2, 0.25) is 15.9 Å². The Hall–Kier alpha value is -3.30. The number of nitrogens with zero attached hydrogens (tertiary/aromatic N) is 3. The van der Waals surface area contributed by atoms with E-state index in [9.17, 15) is 18.0 Å². The van der Waals surface area contributed by atoms with Gasteiger partial charge in [0.1, 0.15) is 6.04 Å². The second kappa shape index (κ2) is 10.1. The van der Waals surface area contributed by atoms with Crippen molar-refractivity contribution in [3.63, 3.8) is 0 Å². The van der Waals surface area contributed by atoms with Gasteiger partial charge in [-0.1, -0.05) is 36.8 Å². The first-order chi connectivity index (χ1) is 16.7. The van der Waals surface area contributed by atoms with Crippen LogP contribution in [-0.4, -0.2) is 41.5 Å². The van der Waals surface area contributed by atoms with Crippen LogP contribution in [0.1, 0.15) is 43.4 Å². The van der Waals surface area contributed by atoms with Crippen molar-refractivity contribution >= 4 is 21.6 Å². The highest BCUT2D eigenvalue weighted by atomic mass is 32.2. The summed E-state index contributed by atoms with van der Waals surface area (Å²) in [7, 11) is -3.62. The lowest BCUT2D eigenvalue weighted by atomic mass is 10.1. The number of carbonyl (C=O) groups excluding carboxylic acids is 1. The third kappa shape index (κ3) is 5.21. The van der Waals surface area contributed by atoms with Gasteiger partial charge in [-0.3, -0.25) is 9.59 Å². The minimum atomic E-state index is -3.62. The van der Waals surface area contributed by atoms with Gasteiger partial charge in [-0.15, -0.1) is 0 Å². The van der Waals surface area contributed by atoms with Crippen molar-refractivity contribution in [2.24, 2.45) is 0 Å². The molecule has 1 aromatic heterocycles. The highest BCUT2D eigenvalue weighted by Gasteiger charge is 2.29. The fourth-order valence-corrected chi connectivity index (χ4v) is 6.01. The predicted octanol–water partition coefficient (Wildman–Crippen LogP) is 3.90. The van der Waals surface area contributed by atoms with Gasteiger partial charge in [0.05, 0.1) is 10.6 Å². The predicted molar refractivity (Wildman–Crippen MR) is 136 cm³/mol. The van der Waals surface area contributed by atoms with Crippen molar-refractivity contribution in [1.29, 1.82) is 0 Å². The number of nitrogens with one attached hydrogen (secondary N) is 1. The summed E-state index contributed by atoms with van der Waals surface area (Å²) in [5.74, 6) is -0.343. The van der Waals surface area contributed by atoms with E-state index in [-0.39, 0.29) is 10.8 Å². The van der Waals surface area contributed by atoms with Crippen LogP contribution in [0.25, 0.3) is 11.3 Å². The average Bonchev–Trinajstić information content (AvgIpc) is 3.39. The van der Waals surface area contributed by atoms with E-state index in [2.05, 4.69) is 10.4 Å². The molecule has 0 radical (unpaired) electrons. The highest BCUT2D eigenvalue weighted by molar-refractivity contribution is 7.89. The van der Waals surface area contributed by atoms with Crippen LogP contribution in [-0.2, 0) is 14.8 Å². The molecule has 0 spiro atoms. The van der Waals surface area contributed by atoms with Gasteiger partial charge < -0.3 is 5.32 Å². The van der Waals surface area contributed by atoms with E-state index in [1.54, 1.807) is 43.3 Å². The van der Waals surface area contributed by atoms with Gasteiger partial charge in [0.25, 0.3) is 5.56 Å². The van der Waals surface area contributed by atoms with Crippen LogP contribution in [0.5, 0.6) is 0 Å². The van der Waals surface area contributed by atoms with Crippen LogP contribution in [0.4, 0.5) is 5.69 Å². The van der Waals surface area contributed by atoms with Gasteiger partial charge in [-0.05, 0) is 62.9 Å². The first-order valence-electron chi connectivity index (χ1n) is 11.8. The number of carbonyl (C=O) groups is 1. The molecule has 1 N–H and O–H groups in total. The van der Waals surface area contributed by atoms with Crippen LogP contribution in [0, 0.1) is 13.8 Å². The Balaban J connectivity index is 1.68. The maximum Gasteiger partial charge on any atom is 0.267 e. The summed E-state index contributed by atoms with van der Waals surface area (Å²) in [6, 6.07) is 14.6. The maximum absolute atomic E-state index is 13.2. The van der Waals surface area contributed by atoms with Crippen molar-refractivity contribution in [3.05, 3.63) is 76.1 Å². The Morgan fingerprint density at radius 3 is 2.37 bits per heavy atom. The van der Waals surface area contributed by atoms with Gasteiger partial charge in [0, 0.05) is 30.4 Å². The Bertz CT molecular complexity index is 1390. The number of rotatable bonds is 7. The van der Waals surface area contributed by atoms with E-state index in [0.29, 0.717) is 42.0 Å². The summed E-state index contributed by atoms with van der Waals surface area (Å²) in [5.41, 5.74) is 2.94. The number of aryl methyl sites for hydroxylation is 2. The molecular weight excluding hydrogens is 464 g/mol. The standard InChI is InChI=1S/C26H30N4O4S/c1-4-23(26(32)27-21-11-7-18(2)8-12-21)30-25(31)14-13-22(28-30)20-10-9-19(3)24(17-20)35(33,34)29-15-5-6-16-29/h7-14,17,23H,4-6,15-16H2,1-3H3,(H,27,32)/t23-/m1/s1. The normalized spacial score (nSPS) is 15.2. The van der Waals surface area contributed by atoms with Gasteiger partial charge in [0.15, 0.2) is 0 Å². The molecule has 0 bridgehead atoms. The molecule has 8 nitrogen and oxygen atoms in total. The van der Waals surface area contributed by atoms with Crippen molar-refractivity contribution < 1.29 is 13.2 Å². The van der Waals surface area contributed by atoms with Gasteiger partial charge in [-0.2, -0.15) is 9.40 Å². The third-order valence-electron chi connectivity index (χ3n) is 6.30. The average molecular weight is 495 g/mol. The lowest BCUT2D eigenvalue weighted by Crippen LogP contribution is -2.34. The van der Waals surface area contributed by atoms with Crippen LogP contribution in [0.15, 0.2) is 64.3 Å². The molecule has 1 fully saturated rings. The largest absolute Gasteiger partial charge is 0.324 e. The minimum Gasteiger partial charge on any atom is -0.324 e. The molecule has 1 aliphatic rings. The lowest BCUT2D eigenvalue weighted by molar-refractivity contribution is -0.119. The second-order valence-corrected chi connectivity index (χ2v) is 10.8. The molecule has 0 saturated carbocycles. The second-order valence-electron chi connectivity index (χ2n) is 8.87.